The largest absolute Gasteiger partial charge is 0.452 e. The summed E-state index contributed by atoms with van der Waals surface area (Å²) < 4.78 is 31.9. The minimum Gasteiger partial charge on any atom is -0.452 e. The molecule has 1 heterocycles. The van der Waals surface area contributed by atoms with Crippen LogP contribution in [0.4, 0.5) is 0 Å². The highest BCUT2D eigenvalue weighted by Gasteiger charge is 2.21. The summed E-state index contributed by atoms with van der Waals surface area (Å²) in [7, 11) is -1.71. The fraction of sp³-hybridized carbons (Fsp3) is 0.600. The highest BCUT2D eigenvalue weighted by atomic mass is 79.9. The smallest absolute Gasteiger partial charge is 0.244 e. The van der Waals surface area contributed by atoms with Gasteiger partial charge in [-0.3, -0.25) is 0 Å². The number of nitrogens with one attached hydrogen (secondary N) is 2. The van der Waals surface area contributed by atoms with E-state index in [1.807, 2.05) is 6.92 Å². The van der Waals surface area contributed by atoms with Crippen LogP contribution in [0.1, 0.15) is 25.5 Å². The molecule has 1 aromatic rings. The molecule has 0 fully saturated rings. The molecule has 0 saturated carbocycles. The lowest BCUT2D eigenvalue weighted by Crippen LogP contribution is -2.24. The van der Waals surface area contributed by atoms with E-state index in [0.29, 0.717) is 18.8 Å². The SMILES string of the molecule is CCCCNS(=O)(=O)c1cc(CNC)oc1Br. The van der Waals surface area contributed by atoms with E-state index in [9.17, 15) is 8.42 Å². The first-order chi connectivity index (χ1) is 8.01. The Morgan fingerprint density at radius 3 is 2.76 bits per heavy atom. The third kappa shape index (κ3) is 4.09. The molecule has 0 atom stereocenters. The molecule has 0 saturated heterocycles. The standard InChI is InChI=1S/C10H17BrN2O3S/c1-3-4-5-13-17(14,15)9-6-8(7-12-2)16-10(9)11/h6,12-13H,3-5,7H2,1-2H3. The van der Waals surface area contributed by atoms with E-state index in [1.54, 1.807) is 7.05 Å². The van der Waals surface area contributed by atoms with Crippen molar-refractivity contribution in [2.45, 2.75) is 31.2 Å². The quantitative estimate of drug-likeness (QED) is 0.751. The van der Waals surface area contributed by atoms with Crippen LogP contribution in [-0.2, 0) is 16.6 Å². The van der Waals surface area contributed by atoms with Crippen molar-refractivity contribution < 1.29 is 12.8 Å². The van der Waals surface area contributed by atoms with E-state index in [1.165, 1.54) is 6.07 Å². The van der Waals surface area contributed by atoms with Crippen LogP contribution in [0, 0.1) is 0 Å². The van der Waals surface area contributed by atoms with Gasteiger partial charge < -0.3 is 9.73 Å². The summed E-state index contributed by atoms with van der Waals surface area (Å²) in [6.45, 7) is 2.94. The first-order valence-corrected chi connectivity index (χ1v) is 7.71. The highest BCUT2D eigenvalue weighted by molar-refractivity contribution is 9.10. The fourth-order valence-electron chi connectivity index (χ4n) is 1.30. The number of hydrogen-bond donors (Lipinski definition) is 2. The summed E-state index contributed by atoms with van der Waals surface area (Å²) in [6.07, 6.45) is 1.76. The van der Waals surface area contributed by atoms with Crippen molar-refractivity contribution in [2.75, 3.05) is 13.6 Å². The molecule has 0 spiro atoms. The van der Waals surface area contributed by atoms with Crippen molar-refractivity contribution in [1.82, 2.24) is 10.0 Å². The Labute approximate surface area is 110 Å². The molecule has 1 rings (SSSR count). The minimum atomic E-state index is -3.48. The monoisotopic (exact) mass is 324 g/mol. The summed E-state index contributed by atoms with van der Waals surface area (Å²) in [5, 5.41) is 2.90. The maximum absolute atomic E-state index is 11.9. The number of sulfonamides is 1. The summed E-state index contributed by atoms with van der Waals surface area (Å²) in [5.41, 5.74) is 0. The molecule has 0 aliphatic rings. The molecule has 0 bridgehead atoms. The molecule has 1 aromatic heterocycles. The summed E-state index contributed by atoms with van der Waals surface area (Å²) in [6, 6.07) is 1.52. The molecular formula is C10H17BrN2O3S. The molecule has 0 aliphatic carbocycles. The van der Waals surface area contributed by atoms with Crippen LogP contribution in [0.5, 0.6) is 0 Å². The molecule has 17 heavy (non-hydrogen) atoms. The molecule has 0 amide bonds. The second kappa shape index (κ2) is 6.53. The molecule has 98 valence electrons. The van der Waals surface area contributed by atoms with E-state index in [4.69, 9.17) is 4.42 Å². The Balaban J connectivity index is 2.83. The van der Waals surface area contributed by atoms with Gasteiger partial charge in [0.05, 0.1) is 6.54 Å². The van der Waals surface area contributed by atoms with Crippen LogP contribution in [0.25, 0.3) is 0 Å². The Kier molecular flexibility index (Phi) is 5.64. The maximum atomic E-state index is 11.9. The van der Waals surface area contributed by atoms with Crippen LogP contribution in [0.15, 0.2) is 20.0 Å². The van der Waals surface area contributed by atoms with E-state index < -0.39 is 10.0 Å². The van der Waals surface area contributed by atoms with Gasteiger partial charge in [0.25, 0.3) is 0 Å². The van der Waals surface area contributed by atoms with Gasteiger partial charge in [0, 0.05) is 12.6 Å². The zero-order chi connectivity index (χ0) is 12.9. The van der Waals surface area contributed by atoms with Gasteiger partial charge in [-0.15, -0.1) is 0 Å². The van der Waals surface area contributed by atoms with E-state index >= 15 is 0 Å². The Hall–Kier alpha value is -0.370. The molecule has 2 N–H and O–H groups in total. The second-order valence-corrected chi connectivity index (χ2v) is 6.09. The number of hydrogen-bond acceptors (Lipinski definition) is 4. The first kappa shape index (κ1) is 14.7. The van der Waals surface area contributed by atoms with Crippen LogP contribution >= 0.6 is 15.9 Å². The normalized spacial score (nSPS) is 11.9. The lowest BCUT2D eigenvalue weighted by Gasteiger charge is -2.03. The van der Waals surface area contributed by atoms with E-state index in [2.05, 4.69) is 26.0 Å². The Morgan fingerprint density at radius 2 is 2.18 bits per heavy atom. The summed E-state index contributed by atoms with van der Waals surface area (Å²) >= 11 is 3.12. The zero-order valence-corrected chi connectivity index (χ0v) is 12.3. The van der Waals surface area contributed by atoms with Crippen molar-refractivity contribution in [3.63, 3.8) is 0 Å². The average molecular weight is 325 g/mol. The lowest BCUT2D eigenvalue weighted by molar-refractivity contribution is 0.470. The summed E-state index contributed by atoms with van der Waals surface area (Å²) in [4.78, 5) is 0.152. The van der Waals surface area contributed by atoms with E-state index in [0.717, 1.165) is 12.8 Å². The predicted octanol–water partition coefficient (Wildman–Crippen LogP) is 1.84. The second-order valence-electron chi connectivity index (χ2n) is 3.63. The van der Waals surface area contributed by atoms with Gasteiger partial charge in [-0.25, -0.2) is 13.1 Å². The van der Waals surface area contributed by atoms with Gasteiger partial charge in [-0.1, -0.05) is 13.3 Å². The third-order valence-corrected chi connectivity index (χ3v) is 4.49. The molecule has 0 aromatic carbocycles. The van der Waals surface area contributed by atoms with Crippen molar-refractivity contribution in [1.29, 1.82) is 0 Å². The van der Waals surface area contributed by atoms with Gasteiger partial charge in [-0.05, 0) is 29.4 Å². The molecule has 5 nitrogen and oxygen atoms in total. The fourth-order valence-corrected chi connectivity index (χ4v) is 3.37. The van der Waals surface area contributed by atoms with Gasteiger partial charge >= 0.3 is 0 Å². The Bertz CT molecular complexity index is 456. The number of halogens is 1. The zero-order valence-electron chi connectivity index (χ0n) is 9.92. The average Bonchev–Trinajstić information content (AvgIpc) is 2.61. The highest BCUT2D eigenvalue weighted by Crippen LogP contribution is 2.25. The number of rotatable bonds is 7. The number of furan rings is 1. The summed E-state index contributed by atoms with van der Waals surface area (Å²) in [5.74, 6) is 0.579. The van der Waals surface area contributed by atoms with Crippen molar-refractivity contribution >= 4 is 26.0 Å². The maximum Gasteiger partial charge on any atom is 0.244 e. The van der Waals surface area contributed by atoms with Crippen LogP contribution < -0.4 is 10.0 Å². The third-order valence-electron chi connectivity index (χ3n) is 2.17. The minimum absolute atomic E-state index is 0.152. The van der Waals surface area contributed by atoms with Gasteiger partial charge in [0.15, 0.2) is 4.67 Å². The van der Waals surface area contributed by atoms with Crippen LogP contribution in [0.3, 0.4) is 0 Å². The number of unbranched alkanes of at least 4 members (excludes halogenated alkanes) is 1. The van der Waals surface area contributed by atoms with E-state index in [-0.39, 0.29) is 9.56 Å². The van der Waals surface area contributed by atoms with Crippen LogP contribution in [-0.4, -0.2) is 22.0 Å². The van der Waals surface area contributed by atoms with Crippen molar-refractivity contribution in [3.05, 3.63) is 16.5 Å². The van der Waals surface area contributed by atoms with Gasteiger partial charge in [0.2, 0.25) is 10.0 Å². The molecule has 0 unspecified atom stereocenters. The van der Waals surface area contributed by atoms with Crippen molar-refractivity contribution in [3.8, 4) is 0 Å². The van der Waals surface area contributed by atoms with Gasteiger partial charge in [-0.2, -0.15) is 0 Å². The van der Waals surface area contributed by atoms with Gasteiger partial charge in [0.1, 0.15) is 10.7 Å². The lowest BCUT2D eigenvalue weighted by atomic mass is 10.3. The molecule has 0 aliphatic heterocycles. The topological polar surface area (TPSA) is 71.3 Å². The molecule has 0 radical (unpaired) electrons. The molecule has 7 heteroatoms. The first-order valence-electron chi connectivity index (χ1n) is 5.43. The van der Waals surface area contributed by atoms with Crippen LogP contribution in [0.2, 0.25) is 0 Å². The predicted molar refractivity (Wildman–Crippen MR) is 69.3 cm³/mol. The Morgan fingerprint density at radius 1 is 1.47 bits per heavy atom. The molecular weight excluding hydrogens is 308 g/mol. The van der Waals surface area contributed by atoms with Crippen molar-refractivity contribution in [2.24, 2.45) is 0 Å².